The van der Waals surface area contributed by atoms with Crippen molar-refractivity contribution in [1.29, 1.82) is 0 Å². The van der Waals surface area contributed by atoms with Crippen molar-refractivity contribution in [3.8, 4) is 5.75 Å². The summed E-state index contributed by atoms with van der Waals surface area (Å²) in [5, 5.41) is 34.0. The monoisotopic (exact) mass is 475 g/mol. The highest BCUT2D eigenvalue weighted by Crippen LogP contribution is 2.43. The predicted molar refractivity (Wildman–Crippen MR) is 122 cm³/mol. The molecule has 184 valence electrons. The van der Waals surface area contributed by atoms with Gasteiger partial charge in [-0.05, 0) is 39.3 Å². The van der Waals surface area contributed by atoms with E-state index in [4.69, 9.17) is 9.47 Å². The summed E-state index contributed by atoms with van der Waals surface area (Å²) < 4.78 is 11.3. The molecule has 0 radical (unpaired) electrons. The van der Waals surface area contributed by atoms with Crippen molar-refractivity contribution in [1.82, 2.24) is 10.2 Å². The van der Waals surface area contributed by atoms with Crippen LogP contribution < -0.4 is 10.1 Å². The fraction of sp³-hybridized carbons (Fsp3) is 0.478. The van der Waals surface area contributed by atoms with Gasteiger partial charge in [-0.25, -0.2) is 9.59 Å². The Morgan fingerprint density at radius 3 is 2.32 bits per heavy atom. The van der Waals surface area contributed by atoms with Crippen molar-refractivity contribution in [2.24, 2.45) is 0 Å². The van der Waals surface area contributed by atoms with Crippen LogP contribution in [0.5, 0.6) is 5.75 Å². The molecule has 0 unspecified atom stereocenters. The van der Waals surface area contributed by atoms with Crippen LogP contribution in [0, 0.1) is 10.1 Å². The van der Waals surface area contributed by atoms with Crippen LogP contribution in [-0.2, 0) is 14.3 Å². The Morgan fingerprint density at radius 2 is 1.76 bits per heavy atom. The molecular formula is C23H29N3O8. The number of hydrogen-bond donors (Lipinski definition) is 3. The summed E-state index contributed by atoms with van der Waals surface area (Å²) in [7, 11) is 0. The zero-order chi connectivity index (χ0) is 24.8. The molecular weight excluding hydrogens is 446 g/mol. The molecule has 34 heavy (non-hydrogen) atoms. The van der Waals surface area contributed by atoms with Crippen molar-refractivity contribution >= 4 is 17.6 Å². The molecule has 11 nitrogen and oxygen atoms in total. The number of nitrogens with one attached hydrogen (secondary N) is 1. The first-order chi connectivity index (χ1) is 16.2. The number of allylic oxidation sites excluding steroid dienone is 2. The highest BCUT2D eigenvalue weighted by atomic mass is 16.6. The molecule has 0 amide bonds. The molecule has 0 spiro atoms. The summed E-state index contributed by atoms with van der Waals surface area (Å²) in [4.78, 5) is 37.3. The van der Waals surface area contributed by atoms with Gasteiger partial charge in [0, 0.05) is 42.2 Å². The van der Waals surface area contributed by atoms with E-state index < -0.39 is 22.8 Å². The minimum atomic E-state index is -1.32. The number of carboxylic acids is 2. The molecule has 2 heterocycles. The number of ether oxygens (including phenoxy) is 2. The Kier molecular flexibility index (Phi) is 8.24. The maximum Gasteiger partial charge on any atom is 0.334 e. The Balaban J connectivity index is 1.88. The van der Waals surface area contributed by atoms with E-state index in [1.807, 2.05) is 0 Å². The lowest BCUT2D eigenvalue weighted by molar-refractivity contribution is -0.384. The summed E-state index contributed by atoms with van der Waals surface area (Å²) in [5.74, 6) is -3.64. The second-order valence-corrected chi connectivity index (χ2v) is 8.23. The number of morpholine rings is 1. The number of non-ortho nitro benzene ring substituents is 1. The van der Waals surface area contributed by atoms with E-state index >= 15 is 0 Å². The molecule has 0 aliphatic carbocycles. The third-order valence-electron chi connectivity index (χ3n) is 5.97. The fourth-order valence-electron chi connectivity index (χ4n) is 4.32. The molecule has 3 rings (SSSR count). The lowest BCUT2D eigenvalue weighted by atomic mass is 9.80. The summed E-state index contributed by atoms with van der Waals surface area (Å²) in [6, 6.07) is 3.87. The molecule has 2 aliphatic rings. The van der Waals surface area contributed by atoms with E-state index in [1.165, 1.54) is 32.0 Å². The maximum atomic E-state index is 12.1. The van der Waals surface area contributed by atoms with E-state index in [0.717, 1.165) is 39.3 Å². The third kappa shape index (κ3) is 5.72. The van der Waals surface area contributed by atoms with E-state index in [-0.39, 0.29) is 39.5 Å². The van der Waals surface area contributed by atoms with Crippen molar-refractivity contribution in [3.05, 3.63) is 56.4 Å². The van der Waals surface area contributed by atoms with Crippen LogP contribution >= 0.6 is 0 Å². The number of carbonyl (C=O) groups is 2. The first-order valence-corrected chi connectivity index (χ1v) is 11.1. The summed E-state index contributed by atoms with van der Waals surface area (Å²) in [5.41, 5.74) is 0.00243. The topological polar surface area (TPSA) is 151 Å². The quantitative estimate of drug-likeness (QED) is 0.261. The van der Waals surface area contributed by atoms with Crippen LogP contribution in [0.1, 0.15) is 38.2 Å². The van der Waals surface area contributed by atoms with Crippen LogP contribution in [0.4, 0.5) is 5.69 Å². The smallest absolute Gasteiger partial charge is 0.334 e. The van der Waals surface area contributed by atoms with Crippen LogP contribution in [0.2, 0.25) is 0 Å². The highest BCUT2D eigenvalue weighted by molar-refractivity contribution is 5.98. The summed E-state index contributed by atoms with van der Waals surface area (Å²) in [6.07, 6.45) is 1.58. The van der Waals surface area contributed by atoms with Crippen LogP contribution in [-0.4, -0.2) is 71.4 Å². The number of rotatable bonds is 10. The largest absolute Gasteiger partial charge is 0.493 e. The minimum Gasteiger partial charge on any atom is -0.493 e. The number of unbranched alkanes of at least 4 members (excludes halogenated alkanes) is 1. The molecule has 11 heteroatoms. The van der Waals surface area contributed by atoms with Gasteiger partial charge in [-0.3, -0.25) is 15.0 Å². The molecule has 0 aromatic heterocycles. The van der Waals surface area contributed by atoms with E-state index in [0.29, 0.717) is 13.0 Å². The first-order valence-electron chi connectivity index (χ1n) is 11.1. The Morgan fingerprint density at radius 1 is 1.15 bits per heavy atom. The minimum absolute atomic E-state index is 0.136. The average Bonchev–Trinajstić information content (AvgIpc) is 2.78. The molecule has 1 aromatic carbocycles. The van der Waals surface area contributed by atoms with Gasteiger partial charge in [0.25, 0.3) is 5.69 Å². The number of dihydropyridines is 1. The number of nitrogens with zero attached hydrogens (tertiary/aromatic N) is 2. The van der Waals surface area contributed by atoms with Gasteiger partial charge in [-0.15, -0.1) is 0 Å². The molecule has 1 aromatic rings. The molecule has 1 saturated heterocycles. The van der Waals surface area contributed by atoms with Crippen LogP contribution in [0.25, 0.3) is 0 Å². The number of nitro benzene ring substituents is 1. The Labute approximate surface area is 196 Å². The maximum absolute atomic E-state index is 12.1. The Hall–Kier alpha value is -3.44. The average molecular weight is 475 g/mol. The number of aliphatic carboxylic acids is 2. The standard InChI is InChI=1S/C23H29N3O8/c1-14-19(22(27)28)21(20(23(29)30)15(2)24-14)17-13-16(26(31)32)5-6-18(17)34-10-4-3-7-25-8-11-33-12-9-25/h5-6,13,21,24H,3-4,7-12H2,1-2H3,(H,27,28)(H,29,30). The first kappa shape index (κ1) is 25.2. The van der Waals surface area contributed by atoms with Gasteiger partial charge in [0.15, 0.2) is 0 Å². The van der Waals surface area contributed by atoms with Crippen molar-refractivity contribution in [2.45, 2.75) is 32.6 Å². The zero-order valence-corrected chi connectivity index (χ0v) is 19.2. The Bertz CT molecular complexity index is 991. The fourth-order valence-corrected chi connectivity index (χ4v) is 4.32. The predicted octanol–water partition coefficient (Wildman–Crippen LogP) is 2.49. The second kappa shape index (κ2) is 11.1. The molecule has 0 saturated carbocycles. The van der Waals surface area contributed by atoms with E-state index in [2.05, 4.69) is 10.2 Å². The second-order valence-electron chi connectivity index (χ2n) is 8.23. The van der Waals surface area contributed by atoms with Gasteiger partial charge in [0.2, 0.25) is 0 Å². The van der Waals surface area contributed by atoms with Gasteiger partial charge in [0.1, 0.15) is 5.75 Å². The molecule has 0 atom stereocenters. The molecule has 0 bridgehead atoms. The van der Waals surface area contributed by atoms with Crippen molar-refractivity contribution < 1.29 is 34.2 Å². The number of benzene rings is 1. The van der Waals surface area contributed by atoms with Gasteiger partial charge in [-0.1, -0.05) is 0 Å². The van der Waals surface area contributed by atoms with Gasteiger partial charge in [-0.2, -0.15) is 0 Å². The number of hydrogen-bond acceptors (Lipinski definition) is 8. The SMILES string of the molecule is CC1=C(C(=O)O)C(c2cc([N+](=O)[O-])ccc2OCCCCN2CCOCC2)C(C(=O)O)=C(C)N1. The van der Waals surface area contributed by atoms with Gasteiger partial charge < -0.3 is 25.0 Å². The molecule has 1 fully saturated rings. The van der Waals surface area contributed by atoms with Crippen LogP contribution in [0.3, 0.4) is 0 Å². The summed E-state index contributed by atoms with van der Waals surface area (Å²) in [6.45, 7) is 7.46. The van der Waals surface area contributed by atoms with E-state index in [1.54, 1.807) is 0 Å². The number of nitro groups is 1. The lowest BCUT2D eigenvalue weighted by Crippen LogP contribution is -2.36. The molecule has 2 aliphatic heterocycles. The van der Waals surface area contributed by atoms with Crippen molar-refractivity contribution in [2.75, 3.05) is 39.5 Å². The number of carboxylic acid groups (broad SMARTS) is 2. The van der Waals surface area contributed by atoms with Gasteiger partial charge >= 0.3 is 11.9 Å². The highest BCUT2D eigenvalue weighted by Gasteiger charge is 2.38. The zero-order valence-electron chi connectivity index (χ0n) is 19.2. The molecule has 3 N–H and O–H groups in total. The van der Waals surface area contributed by atoms with Crippen LogP contribution in [0.15, 0.2) is 40.7 Å². The van der Waals surface area contributed by atoms with E-state index in [9.17, 15) is 29.9 Å². The normalized spacial score (nSPS) is 17.5. The van der Waals surface area contributed by atoms with Gasteiger partial charge in [0.05, 0.1) is 41.8 Å². The third-order valence-corrected chi connectivity index (χ3v) is 5.97. The summed E-state index contributed by atoms with van der Waals surface area (Å²) >= 11 is 0. The lowest BCUT2D eigenvalue weighted by Gasteiger charge is -2.29. The van der Waals surface area contributed by atoms with Crippen molar-refractivity contribution in [3.63, 3.8) is 0 Å².